The van der Waals surface area contributed by atoms with Gasteiger partial charge in [0, 0.05) is 21.4 Å². The quantitative estimate of drug-likeness (QED) is 0.718. The molecule has 5 nitrogen and oxygen atoms in total. The number of benzene rings is 1. The molecule has 1 aromatic carbocycles. The minimum absolute atomic E-state index is 0.0712. The van der Waals surface area contributed by atoms with Crippen LogP contribution in [0.1, 0.15) is 5.56 Å². The van der Waals surface area contributed by atoms with Gasteiger partial charge < -0.3 is 4.74 Å². The molecule has 0 fully saturated rings. The summed E-state index contributed by atoms with van der Waals surface area (Å²) in [5.41, 5.74) is 0.544. The second kappa shape index (κ2) is 5.99. The number of sulfone groups is 1. The highest BCUT2D eigenvalue weighted by Gasteiger charge is 2.20. The Hall–Kier alpha value is -0.310. The molecule has 0 aliphatic rings. The molecule has 1 aromatic rings. The van der Waals surface area contributed by atoms with Crippen molar-refractivity contribution in [2.75, 3.05) is 18.6 Å². The SMILES string of the molecule is Cc1cc(Br)cc(S(=O)(=O)Cl)c1OCCS(C)(=O)=O. The van der Waals surface area contributed by atoms with Crippen molar-refractivity contribution in [3.8, 4) is 5.75 Å². The minimum atomic E-state index is -3.98. The Bertz CT molecular complexity index is 682. The van der Waals surface area contributed by atoms with E-state index in [4.69, 9.17) is 15.4 Å². The molecular formula is C10H12BrClO5S2. The third-order valence-electron chi connectivity index (χ3n) is 2.17. The van der Waals surface area contributed by atoms with Crippen molar-refractivity contribution in [3.63, 3.8) is 0 Å². The average molecular weight is 392 g/mol. The molecule has 0 amide bonds. The smallest absolute Gasteiger partial charge is 0.265 e. The second-order valence-electron chi connectivity index (χ2n) is 3.97. The Morgan fingerprint density at radius 2 is 1.84 bits per heavy atom. The molecule has 9 heteroatoms. The van der Waals surface area contributed by atoms with Gasteiger partial charge in [0.2, 0.25) is 0 Å². The van der Waals surface area contributed by atoms with Gasteiger partial charge in [-0.2, -0.15) is 0 Å². The standard InChI is InChI=1S/C10H12BrClO5S2/c1-7-5-8(11)6-9(19(12,15)16)10(7)17-3-4-18(2,13)14/h5-6H,3-4H2,1-2H3. The zero-order valence-electron chi connectivity index (χ0n) is 10.2. The number of ether oxygens (including phenoxy) is 1. The van der Waals surface area contributed by atoms with E-state index in [2.05, 4.69) is 15.9 Å². The minimum Gasteiger partial charge on any atom is -0.491 e. The third kappa shape index (κ3) is 5.29. The lowest BCUT2D eigenvalue weighted by molar-refractivity contribution is 0.330. The van der Waals surface area contributed by atoms with E-state index in [-0.39, 0.29) is 23.0 Å². The van der Waals surface area contributed by atoms with Crippen molar-refractivity contribution in [1.82, 2.24) is 0 Å². The zero-order chi connectivity index (χ0) is 14.8. The van der Waals surface area contributed by atoms with Crippen LogP contribution >= 0.6 is 26.6 Å². The van der Waals surface area contributed by atoms with Gasteiger partial charge in [-0.15, -0.1) is 0 Å². The molecule has 0 saturated heterocycles. The van der Waals surface area contributed by atoms with Crippen LogP contribution in [0.4, 0.5) is 0 Å². The second-order valence-corrected chi connectivity index (χ2v) is 9.68. The highest BCUT2D eigenvalue weighted by atomic mass is 79.9. The summed E-state index contributed by atoms with van der Waals surface area (Å²) in [6.45, 7) is 1.51. The van der Waals surface area contributed by atoms with Crippen LogP contribution in [0.15, 0.2) is 21.5 Å². The van der Waals surface area contributed by atoms with Crippen LogP contribution in [-0.4, -0.2) is 35.5 Å². The molecule has 0 radical (unpaired) electrons. The largest absolute Gasteiger partial charge is 0.491 e. The van der Waals surface area contributed by atoms with Crippen molar-refractivity contribution in [2.24, 2.45) is 0 Å². The molecule has 108 valence electrons. The van der Waals surface area contributed by atoms with Crippen LogP contribution in [0.3, 0.4) is 0 Å². The van der Waals surface area contributed by atoms with Gasteiger partial charge in [0.15, 0.2) is 9.84 Å². The maximum atomic E-state index is 11.5. The maximum absolute atomic E-state index is 11.5. The van der Waals surface area contributed by atoms with E-state index < -0.39 is 18.9 Å². The summed E-state index contributed by atoms with van der Waals surface area (Å²) in [7, 11) is -1.83. The lowest BCUT2D eigenvalue weighted by Gasteiger charge is -2.12. The van der Waals surface area contributed by atoms with Crippen LogP contribution in [0, 0.1) is 6.92 Å². The first-order valence-corrected chi connectivity index (χ1v) is 10.2. The van der Waals surface area contributed by atoms with Crippen LogP contribution < -0.4 is 4.74 Å². The molecule has 0 N–H and O–H groups in total. The topological polar surface area (TPSA) is 77.5 Å². The van der Waals surface area contributed by atoms with E-state index in [1.165, 1.54) is 6.07 Å². The van der Waals surface area contributed by atoms with E-state index in [1.54, 1.807) is 13.0 Å². The molecule has 0 unspecified atom stereocenters. The Morgan fingerprint density at radius 1 is 1.26 bits per heavy atom. The summed E-state index contributed by atoms with van der Waals surface area (Å²) in [5, 5.41) is 0. The first-order valence-electron chi connectivity index (χ1n) is 5.06. The van der Waals surface area contributed by atoms with Gasteiger partial charge >= 0.3 is 0 Å². The first kappa shape index (κ1) is 16.7. The zero-order valence-corrected chi connectivity index (χ0v) is 14.2. The fourth-order valence-corrected chi connectivity index (χ4v) is 3.52. The van der Waals surface area contributed by atoms with Gasteiger partial charge in [-0.3, -0.25) is 0 Å². The summed E-state index contributed by atoms with van der Waals surface area (Å²) >= 11 is 3.17. The molecule has 0 heterocycles. The molecule has 0 atom stereocenters. The summed E-state index contributed by atoms with van der Waals surface area (Å²) in [6, 6.07) is 2.96. The van der Waals surface area contributed by atoms with Gasteiger partial charge in [-0.05, 0) is 24.6 Å². The van der Waals surface area contributed by atoms with Gasteiger partial charge in [-0.1, -0.05) is 15.9 Å². The number of rotatable bonds is 5. The van der Waals surface area contributed by atoms with E-state index >= 15 is 0 Å². The number of hydrogen-bond donors (Lipinski definition) is 0. The van der Waals surface area contributed by atoms with E-state index in [1.807, 2.05) is 0 Å². The Kier molecular flexibility index (Phi) is 5.28. The number of halogens is 2. The van der Waals surface area contributed by atoms with Crippen molar-refractivity contribution in [3.05, 3.63) is 22.2 Å². The van der Waals surface area contributed by atoms with Crippen LogP contribution in [0.25, 0.3) is 0 Å². The van der Waals surface area contributed by atoms with Gasteiger partial charge in [-0.25, -0.2) is 16.8 Å². The predicted octanol–water partition coefficient (Wildman–Crippen LogP) is 2.11. The van der Waals surface area contributed by atoms with Crippen molar-refractivity contribution in [1.29, 1.82) is 0 Å². The molecule has 19 heavy (non-hydrogen) atoms. The van der Waals surface area contributed by atoms with Crippen molar-refractivity contribution < 1.29 is 21.6 Å². The summed E-state index contributed by atoms with van der Waals surface area (Å²) < 4.78 is 50.8. The number of hydrogen-bond acceptors (Lipinski definition) is 5. The van der Waals surface area contributed by atoms with E-state index in [9.17, 15) is 16.8 Å². The molecule has 0 saturated carbocycles. The molecular weight excluding hydrogens is 380 g/mol. The Labute approximate surface area is 125 Å². The fourth-order valence-electron chi connectivity index (χ4n) is 1.36. The molecule has 0 aliphatic carbocycles. The van der Waals surface area contributed by atoms with Crippen LogP contribution in [0.2, 0.25) is 0 Å². The van der Waals surface area contributed by atoms with Crippen molar-refractivity contribution >= 4 is 45.5 Å². The van der Waals surface area contributed by atoms with E-state index in [0.29, 0.717) is 10.0 Å². The lowest BCUT2D eigenvalue weighted by Crippen LogP contribution is -2.13. The molecule has 0 aromatic heterocycles. The number of aryl methyl sites for hydroxylation is 1. The molecule has 0 bridgehead atoms. The summed E-state index contributed by atoms with van der Waals surface area (Å²) in [5.74, 6) is -0.133. The summed E-state index contributed by atoms with van der Waals surface area (Å²) in [4.78, 5) is -0.186. The fraction of sp³-hybridized carbons (Fsp3) is 0.400. The van der Waals surface area contributed by atoms with Gasteiger partial charge in [0.25, 0.3) is 9.05 Å². The summed E-state index contributed by atoms with van der Waals surface area (Å²) in [6.07, 6.45) is 1.07. The predicted molar refractivity (Wildman–Crippen MR) is 77.1 cm³/mol. The first-order chi connectivity index (χ1) is 8.50. The van der Waals surface area contributed by atoms with Crippen LogP contribution in [0.5, 0.6) is 5.75 Å². The monoisotopic (exact) mass is 390 g/mol. The third-order valence-corrected chi connectivity index (χ3v) is 4.86. The maximum Gasteiger partial charge on any atom is 0.265 e. The normalized spacial score (nSPS) is 12.4. The average Bonchev–Trinajstić information content (AvgIpc) is 2.17. The Morgan fingerprint density at radius 3 is 2.32 bits per heavy atom. The van der Waals surface area contributed by atoms with E-state index in [0.717, 1.165) is 6.26 Å². The lowest BCUT2D eigenvalue weighted by atomic mass is 10.2. The highest BCUT2D eigenvalue weighted by Crippen LogP contribution is 2.33. The molecule has 0 aliphatic heterocycles. The van der Waals surface area contributed by atoms with Crippen molar-refractivity contribution in [2.45, 2.75) is 11.8 Å². The van der Waals surface area contributed by atoms with Gasteiger partial charge in [0.05, 0.1) is 5.75 Å². The van der Waals surface area contributed by atoms with Gasteiger partial charge in [0.1, 0.15) is 17.3 Å². The van der Waals surface area contributed by atoms with Crippen LogP contribution in [-0.2, 0) is 18.9 Å². The Balaban J connectivity index is 3.13. The molecule has 1 rings (SSSR count). The molecule has 0 spiro atoms. The highest BCUT2D eigenvalue weighted by molar-refractivity contribution is 9.10.